The Labute approximate surface area is 185 Å². The molecule has 1 N–H and O–H groups in total. The van der Waals surface area contributed by atoms with Crippen LogP contribution in [0.25, 0.3) is 0 Å². The van der Waals surface area contributed by atoms with Gasteiger partial charge in [0, 0.05) is 36.2 Å². The van der Waals surface area contributed by atoms with Crippen molar-refractivity contribution in [2.75, 3.05) is 13.1 Å². The molecule has 1 aliphatic carbocycles. The summed E-state index contributed by atoms with van der Waals surface area (Å²) in [5.74, 6) is -0.240. The van der Waals surface area contributed by atoms with E-state index in [0.29, 0.717) is 56.5 Å². The monoisotopic (exact) mass is 447 g/mol. The summed E-state index contributed by atoms with van der Waals surface area (Å²) in [5, 5.41) is 7.21. The van der Waals surface area contributed by atoms with Crippen molar-refractivity contribution in [1.82, 2.24) is 15.1 Å². The largest absolute Gasteiger partial charge is 0.416 e. The lowest BCUT2D eigenvalue weighted by Gasteiger charge is -2.33. The molecule has 2 aliphatic rings. The smallest absolute Gasteiger partial charge is 0.337 e. The predicted octanol–water partition coefficient (Wildman–Crippen LogP) is 4.78. The molecule has 0 saturated carbocycles. The highest BCUT2D eigenvalue weighted by molar-refractivity contribution is 5.94. The van der Waals surface area contributed by atoms with Gasteiger partial charge in [0.2, 0.25) is 0 Å². The number of ketones is 1. The SMILES string of the molecule is CC(C)C(=O)C1CCc2c(C(=O)N3CCC(c4ccccc4C(F)(F)F)CC3)n[nH]c2C1. The van der Waals surface area contributed by atoms with Gasteiger partial charge in [0.15, 0.2) is 5.69 Å². The van der Waals surface area contributed by atoms with Crippen molar-refractivity contribution < 1.29 is 22.8 Å². The Hall–Kier alpha value is -2.64. The molecule has 2 aromatic rings. The summed E-state index contributed by atoms with van der Waals surface area (Å²) in [5.41, 5.74) is 1.85. The summed E-state index contributed by atoms with van der Waals surface area (Å²) in [6.45, 7) is 4.59. The van der Waals surface area contributed by atoms with Gasteiger partial charge >= 0.3 is 6.18 Å². The molecule has 172 valence electrons. The number of aromatic nitrogens is 2. The lowest BCUT2D eigenvalue weighted by Crippen LogP contribution is -2.39. The Bertz CT molecular complexity index is 1000. The van der Waals surface area contributed by atoms with Crippen molar-refractivity contribution in [3.63, 3.8) is 0 Å². The normalized spacial score (nSPS) is 19.8. The number of rotatable bonds is 4. The minimum Gasteiger partial charge on any atom is -0.337 e. The Kier molecular flexibility index (Phi) is 6.14. The van der Waals surface area contributed by atoms with Gasteiger partial charge in [0.05, 0.1) is 5.56 Å². The third-order valence-corrected chi connectivity index (χ3v) is 6.81. The highest BCUT2D eigenvalue weighted by atomic mass is 19.4. The number of nitrogens with zero attached hydrogens (tertiary/aromatic N) is 2. The Morgan fingerprint density at radius 3 is 2.47 bits per heavy atom. The summed E-state index contributed by atoms with van der Waals surface area (Å²) < 4.78 is 40.1. The van der Waals surface area contributed by atoms with Gasteiger partial charge in [-0.1, -0.05) is 32.0 Å². The molecule has 1 unspecified atom stereocenters. The Balaban J connectivity index is 1.43. The fourth-order valence-corrected chi connectivity index (χ4v) is 5.05. The molecule has 0 radical (unpaired) electrons. The summed E-state index contributed by atoms with van der Waals surface area (Å²) in [4.78, 5) is 27.2. The van der Waals surface area contributed by atoms with E-state index in [4.69, 9.17) is 0 Å². The first-order chi connectivity index (χ1) is 15.2. The number of carbonyl (C=O) groups is 2. The van der Waals surface area contributed by atoms with Crippen molar-refractivity contribution in [3.8, 4) is 0 Å². The minimum atomic E-state index is -4.38. The van der Waals surface area contributed by atoms with Crippen LogP contribution in [0.5, 0.6) is 0 Å². The van der Waals surface area contributed by atoms with E-state index >= 15 is 0 Å². The molecule has 4 rings (SSSR count). The number of alkyl halides is 3. The zero-order valence-electron chi connectivity index (χ0n) is 18.3. The van der Waals surface area contributed by atoms with Crippen molar-refractivity contribution in [2.45, 2.75) is 58.0 Å². The number of amides is 1. The highest BCUT2D eigenvalue weighted by Crippen LogP contribution is 2.39. The second-order valence-electron chi connectivity index (χ2n) is 9.18. The Morgan fingerprint density at radius 1 is 1.12 bits per heavy atom. The third-order valence-electron chi connectivity index (χ3n) is 6.81. The van der Waals surface area contributed by atoms with Crippen LogP contribution in [0.3, 0.4) is 0 Å². The van der Waals surface area contributed by atoms with Crippen LogP contribution in [0.15, 0.2) is 24.3 Å². The standard InChI is InChI=1S/C24H28F3N3O2/c1-14(2)22(31)16-7-8-18-20(13-16)28-29-21(18)23(32)30-11-9-15(10-12-30)17-5-3-4-6-19(17)24(25,26)27/h3-6,14-16H,7-13H2,1-2H3,(H,28,29). The molecule has 8 heteroatoms. The van der Waals surface area contributed by atoms with E-state index in [1.165, 1.54) is 6.07 Å². The van der Waals surface area contributed by atoms with E-state index in [-0.39, 0.29) is 29.4 Å². The number of hydrogen-bond acceptors (Lipinski definition) is 3. The average Bonchev–Trinajstić information content (AvgIpc) is 3.20. The first-order valence-electron chi connectivity index (χ1n) is 11.2. The third kappa shape index (κ3) is 4.32. The number of likely N-dealkylation sites (tertiary alicyclic amines) is 1. The summed E-state index contributed by atoms with van der Waals surface area (Å²) in [7, 11) is 0. The maximum Gasteiger partial charge on any atom is 0.416 e. The lowest BCUT2D eigenvalue weighted by molar-refractivity contribution is -0.138. The number of piperidine rings is 1. The first-order valence-corrected chi connectivity index (χ1v) is 11.2. The second kappa shape index (κ2) is 8.71. The number of aromatic amines is 1. The fourth-order valence-electron chi connectivity index (χ4n) is 5.05. The van der Waals surface area contributed by atoms with Gasteiger partial charge in [0.1, 0.15) is 5.78 Å². The molecule has 5 nitrogen and oxygen atoms in total. The molecular weight excluding hydrogens is 419 g/mol. The van der Waals surface area contributed by atoms with Gasteiger partial charge < -0.3 is 4.90 Å². The van der Waals surface area contributed by atoms with Crippen LogP contribution >= 0.6 is 0 Å². The number of benzene rings is 1. The first kappa shape index (κ1) is 22.6. The number of Topliss-reactive ketones (excluding diaryl/α,β-unsaturated/α-hetero) is 1. The predicted molar refractivity (Wildman–Crippen MR) is 113 cm³/mol. The number of carbonyl (C=O) groups excluding carboxylic acids is 2. The summed E-state index contributed by atoms with van der Waals surface area (Å²) >= 11 is 0. The van der Waals surface area contributed by atoms with Crippen molar-refractivity contribution in [2.24, 2.45) is 11.8 Å². The zero-order valence-corrected chi connectivity index (χ0v) is 18.3. The van der Waals surface area contributed by atoms with Gasteiger partial charge in [-0.3, -0.25) is 14.7 Å². The van der Waals surface area contributed by atoms with Gasteiger partial charge in [0.25, 0.3) is 5.91 Å². The average molecular weight is 448 g/mol. The number of H-pyrrole nitrogens is 1. The molecule has 0 bridgehead atoms. The van der Waals surface area contributed by atoms with E-state index in [9.17, 15) is 22.8 Å². The molecule has 0 spiro atoms. The lowest BCUT2D eigenvalue weighted by atomic mass is 9.81. The topological polar surface area (TPSA) is 66.1 Å². The van der Waals surface area contributed by atoms with Crippen LogP contribution in [-0.4, -0.2) is 39.9 Å². The molecule has 1 aliphatic heterocycles. The summed E-state index contributed by atoms with van der Waals surface area (Å²) in [6.07, 6.45) is -1.51. The molecule has 32 heavy (non-hydrogen) atoms. The maximum atomic E-state index is 13.4. The number of halogens is 3. The van der Waals surface area contributed by atoms with Crippen molar-refractivity contribution in [3.05, 3.63) is 52.3 Å². The molecule has 1 atom stereocenters. The van der Waals surface area contributed by atoms with Crippen molar-refractivity contribution >= 4 is 11.7 Å². The molecule has 1 aromatic carbocycles. The Morgan fingerprint density at radius 2 is 1.81 bits per heavy atom. The van der Waals surface area contributed by atoms with Crippen LogP contribution < -0.4 is 0 Å². The molecule has 1 aromatic heterocycles. The number of fused-ring (bicyclic) bond motifs is 1. The molecule has 1 fully saturated rings. The summed E-state index contributed by atoms with van der Waals surface area (Å²) in [6, 6.07) is 5.71. The highest BCUT2D eigenvalue weighted by Gasteiger charge is 2.37. The van der Waals surface area contributed by atoms with Crippen molar-refractivity contribution in [1.29, 1.82) is 0 Å². The van der Waals surface area contributed by atoms with E-state index in [2.05, 4.69) is 10.2 Å². The number of nitrogens with one attached hydrogen (secondary N) is 1. The van der Waals surface area contributed by atoms with Crippen LogP contribution in [-0.2, 0) is 23.8 Å². The molecule has 2 heterocycles. The second-order valence-corrected chi connectivity index (χ2v) is 9.18. The molecule has 1 amide bonds. The van der Waals surface area contributed by atoms with E-state index in [1.54, 1.807) is 17.0 Å². The van der Waals surface area contributed by atoms with Gasteiger partial charge in [-0.2, -0.15) is 18.3 Å². The minimum absolute atomic E-state index is 0.0191. The van der Waals surface area contributed by atoms with Crippen LogP contribution in [0.2, 0.25) is 0 Å². The van der Waals surface area contributed by atoms with Crippen LogP contribution in [0.1, 0.15) is 71.9 Å². The van der Waals surface area contributed by atoms with Gasteiger partial charge in [-0.15, -0.1) is 0 Å². The zero-order chi connectivity index (χ0) is 23.0. The quantitative estimate of drug-likeness (QED) is 0.734. The maximum absolute atomic E-state index is 13.4. The van der Waals surface area contributed by atoms with E-state index in [0.717, 1.165) is 17.3 Å². The van der Waals surface area contributed by atoms with Crippen LogP contribution in [0.4, 0.5) is 13.2 Å². The molecular formula is C24H28F3N3O2. The van der Waals surface area contributed by atoms with Gasteiger partial charge in [-0.25, -0.2) is 0 Å². The van der Waals surface area contributed by atoms with Gasteiger partial charge in [-0.05, 0) is 49.7 Å². The van der Waals surface area contributed by atoms with Crippen LogP contribution in [0, 0.1) is 11.8 Å². The van der Waals surface area contributed by atoms with E-state index < -0.39 is 11.7 Å². The fraction of sp³-hybridized carbons (Fsp3) is 0.542. The number of hydrogen-bond donors (Lipinski definition) is 1. The van der Waals surface area contributed by atoms with E-state index in [1.807, 2.05) is 13.8 Å². The molecule has 1 saturated heterocycles.